The third-order valence-corrected chi connectivity index (χ3v) is 2.45. The Hall–Kier alpha value is -0.860. The van der Waals surface area contributed by atoms with Crippen molar-refractivity contribution in [1.82, 2.24) is 5.32 Å². The van der Waals surface area contributed by atoms with Gasteiger partial charge in [0.1, 0.15) is 0 Å². The highest BCUT2D eigenvalue weighted by Crippen LogP contribution is 2.22. The summed E-state index contributed by atoms with van der Waals surface area (Å²) in [5.74, 6) is 0. The van der Waals surface area contributed by atoms with E-state index >= 15 is 0 Å². The molecule has 0 unspecified atom stereocenters. The molecule has 0 amide bonds. The molecule has 0 aromatic heterocycles. The summed E-state index contributed by atoms with van der Waals surface area (Å²) < 4.78 is 5.71. The van der Waals surface area contributed by atoms with Crippen LogP contribution in [0, 0.1) is 0 Å². The minimum Gasteiger partial charge on any atom is -0.371 e. The van der Waals surface area contributed by atoms with Gasteiger partial charge in [0.2, 0.25) is 0 Å². The van der Waals surface area contributed by atoms with Gasteiger partial charge in [-0.1, -0.05) is 30.3 Å². The number of rotatable bonds is 1. The van der Waals surface area contributed by atoms with Gasteiger partial charge in [-0.05, 0) is 12.5 Å². The van der Waals surface area contributed by atoms with E-state index in [-0.39, 0.29) is 6.10 Å². The van der Waals surface area contributed by atoms with E-state index in [9.17, 15) is 0 Å². The molecule has 0 bridgehead atoms. The van der Waals surface area contributed by atoms with Crippen LogP contribution in [0.5, 0.6) is 0 Å². The molecule has 1 saturated heterocycles. The molecular formula is C11H15NO. The van der Waals surface area contributed by atoms with E-state index in [4.69, 9.17) is 4.74 Å². The largest absolute Gasteiger partial charge is 0.371 e. The lowest BCUT2D eigenvalue weighted by Gasteiger charge is -2.30. The number of hydrogen-bond donors (Lipinski definition) is 1. The number of benzene rings is 1. The summed E-state index contributed by atoms with van der Waals surface area (Å²) in [6, 6.07) is 10.8. The molecule has 1 N–H and O–H groups in total. The van der Waals surface area contributed by atoms with Crippen LogP contribution in [0.1, 0.15) is 18.6 Å². The smallest absolute Gasteiger partial charge is 0.0975 e. The number of hydrogen-bond acceptors (Lipinski definition) is 2. The van der Waals surface area contributed by atoms with Gasteiger partial charge in [-0.25, -0.2) is 0 Å². The van der Waals surface area contributed by atoms with Crippen molar-refractivity contribution in [2.45, 2.75) is 19.1 Å². The Kier molecular flexibility index (Phi) is 2.62. The summed E-state index contributed by atoms with van der Waals surface area (Å²) in [5.41, 5.74) is 1.27. The number of nitrogens with one attached hydrogen (secondary N) is 1. The highest BCUT2D eigenvalue weighted by atomic mass is 16.5. The van der Waals surface area contributed by atoms with E-state index in [0.717, 1.165) is 13.2 Å². The van der Waals surface area contributed by atoms with Crippen molar-refractivity contribution in [3.63, 3.8) is 0 Å². The highest BCUT2D eigenvalue weighted by molar-refractivity contribution is 5.19. The first-order valence-corrected chi connectivity index (χ1v) is 4.78. The molecule has 2 nitrogen and oxygen atoms in total. The Bertz CT molecular complexity index is 260. The van der Waals surface area contributed by atoms with E-state index in [1.54, 1.807) is 0 Å². The quantitative estimate of drug-likeness (QED) is 0.705. The van der Waals surface area contributed by atoms with Crippen LogP contribution in [0.4, 0.5) is 0 Å². The maximum absolute atomic E-state index is 5.71. The van der Waals surface area contributed by atoms with Crippen molar-refractivity contribution in [1.29, 1.82) is 0 Å². The van der Waals surface area contributed by atoms with Crippen LogP contribution in [-0.2, 0) is 4.74 Å². The molecule has 13 heavy (non-hydrogen) atoms. The first-order valence-electron chi connectivity index (χ1n) is 4.78. The van der Waals surface area contributed by atoms with Gasteiger partial charge >= 0.3 is 0 Å². The molecule has 1 aliphatic heterocycles. The Labute approximate surface area is 78.9 Å². The Morgan fingerprint density at radius 3 is 2.77 bits per heavy atom. The van der Waals surface area contributed by atoms with Gasteiger partial charge in [0.25, 0.3) is 0 Å². The summed E-state index contributed by atoms with van der Waals surface area (Å²) in [5, 5.41) is 3.41. The number of ether oxygens (including phenoxy) is 1. The van der Waals surface area contributed by atoms with Crippen molar-refractivity contribution < 1.29 is 4.74 Å². The van der Waals surface area contributed by atoms with E-state index in [1.807, 2.05) is 6.07 Å². The predicted octanol–water partition coefficient (Wildman–Crippen LogP) is 1.74. The third kappa shape index (κ3) is 1.90. The van der Waals surface area contributed by atoms with E-state index in [0.29, 0.717) is 6.04 Å². The predicted molar refractivity (Wildman–Crippen MR) is 52.6 cm³/mol. The minimum atomic E-state index is 0.218. The second-order valence-corrected chi connectivity index (χ2v) is 3.44. The van der Waals surface area contributed by atoms with Crippen molar-refractivity contribution in [2.75, 3.05) is 13.2 Å². The molecule has 1 aromatic carbocycles. The second-order valence-electron chi connectivity index (χ2n) is 3.44. The fourth-order valence-corrected chi connectivity index (χ4v) is 1.75. The molecule has 70 valence electrons. The monoisotopic (exact) mass is 177 g/mol. The van der Waals surface area contributed by atoms with Gasteiger partial charge in [0, 0.05) is 12.6 Å². The molecule has 2 heteroatoms. The molecule has 0 saturated carbocycles. The highest BCUT2D eigenvalue weighted by Gasteiger charge is 2.22. The van der Waals surface area contributed by atoms with Gasteiger partial charge in [-0.3, -0.25) is 0 Å². The summed E-state index contributed by atoms with van der Waals surface area (Å²) in [4.78, 5) is 0. The van der Waals surface area contributed by atoms with Gasteiger partial charge in [-0.15, -0.1) is 0 Å². The molecule has 0 aliphatic carbocycles. The van der Waals surface area contributed by atoms with Crippen LogP contribution in [0.15, 0.2) is 30.3 Å². The van der Waals surface area contributed by atoms with Gasteiger partial charge in [-0.2, -0.15) is 0 Å². The summed E-state index contributed by atoms with van der Waals surface area (Å²) in [7, 11) is 0. The van der Waals surface area contributed by atoms with Crippen molar-refractivity contribution in [3.05, 3.63) is 35.9 Å². The zero-order valence-corrected chi connectivity index (χ0v) is 7.86. The standard InChI is InChI=1S/C11H15NO/c1-9-11(13-8-7-12-9)10-5-3-2-4-6-10/h2-6,9,11-12H,7-8H2,1H3/t9-,11+/m0/s1. The van der Waals surface area contributed by atoms with Crippen LogP contribution >= 0.6 is 0 Å². The van der Waals surface area contributed by atoms with E-state index in [2.05, 4.69) is 36.5 Å². The zero-order chi connectivity index (χ0) is 9.10. The molecule has 2 rings (SSSR count). The van der Waals surface area contributed by atoms with E-state index < -0.39 is 0 Å². The molecule has 1 heterocycles. The van der Waals surface area contributed by atoms with Crippen molar-refractivity contribution in [2.24, 2.45) is 0 Å². The lowest BCUT2D eigenvalue weighted by molar-refractivity contribution is -0.000221. The molecular weight excluding hydrogens is 162 g/mol. The first kappa shape index (κ1) is 8.73. The first-order chi connectivity index (χ1) is 6.38. The molecule has 1 fully saturated rings. The van der Waals surface area contributed by atoms with Crippen LogP contribution in [0.25, 0.3) is 0 Å². The van der Waals surface area contributed by atoms with Gasteiger partial charge in [0.15, 0.2) is 0 Å². The van der Waals surface area contributed by atoms with Gasteiger partial charge < -0.3 is 10.1 Å². The normalized spacial score (nSPS) is 28.7. The topological polar surface area (TPSA) is 21.3 Å². The van der Waals surface area contributed by atoms with Crippen LogP contribution in [0.3, 0.4) is 0 Å². The van der Waals surface area contributed by atoms with Crippen LogP contribution in [0.2, 0.25) is 0 Å². The Morgan fingerprint density at radius 2 is 2.08 bits per heavy atom. The van der Waals surface area contributed by atoms with Crippen LogP contribution < -0.4 is 5.32 Å². The average Bonchev–Trinajstić information content (AvgIpc) is 2.20. The fourth-order valence-electron chi connectivity index (χ4n) is 1.75. The van der Waals surface area contributed by atoms with Crippen LogP contribution in [-0.4, -0.2) is 19.2 Å². The average molecular weight is 177 g/mol. The lowest BCUT2D eigenvalue weighted by atomic mass is 10.0. The Morgan fingerprint density at radius 1 is 1.31 bits per heavy atom. The second kappa shape index (κ2) is 3.90. The molecule has 0 radical (unpaired) electrons. The molecule has 0 spiro atoms. The van der Waals surface area contributed by atoms with Crippen molar-refractivity contribution >= 4 is 0 Å². The molecule has 1 aromatic rings. The zero-order valence-electron chi connectivity index (χ0n) is 7.86. The molecule has 1 aliphatic rings. The fraction of sp³-hybridized carbons (Fsp3) is 0.455. The maximum atomic E-state index is 5.71. The summed E-state index contributed by atoms with van der Waals surface area (Å²) >= 11 is 0. The summed E-state index contributed by atoms with van der Waals surface area (Å²) in [6.07, 6.45) is 0.218. The Balaban J connectivity index is 2.15. The van der Waals surface area contributed by atoms with E-state index in [1.165, 1.54) is 5.56 Å². The summed E-state index contributed by atoms with van der Waals surface area (Å²) in [6.45, 7) is 3.94. The van der Waals surface area contributed by atoms with Gasteiger partial charge in [0.05, 0.1) is 12.7 Å². The maximum Gasteiger partial charge on any atom is 0.0975 e. The third-order valence-electron chi connectivity index (χ3n) is 2.45. The lowest BCUT2D eigenvalue weighted by Crippen LogP contribution is -2.41. The SMILES string of the molecule is C[C@@H]1NCCO[C@H]1c1ccccc1. The van der Waals surface area contributed by atoms with Crippen molar-refractivity contribution in [3.8, 4) is 0 Å². The molecule has 2 atom stereocenters. The minimum absolute atomic E-state index is 0.218. The number of morpholine rings is 1.